The minimum Gasteiger partial charge on any atom is -0.493 e. The molecule has 2 aliphatic rings. The molecule has 3 amide bonds. The summed E-state index contributed by atoms with van der Waals surface area (Å²) in [4.78, 5) is 57.9. The number of carbonyl (C=O) groups is 3. The molecule has 0 aliphatic carbocycles. The Labute approximate surface area is 400 Å². The van der Waals surface area contributed by atoms with Crippen LogP contribution in [0.15, 0.2) is 79.1 Å². The number of amides is 3. The lowest BCUT2D eigenvalue weighted by Gasteiger charge is -2.26. The maximum Gasteiger partial charge on any atom is 0.269 e. The Morgan fingerprint density at radius 2 is 1.55 bits per heavy atom. The number of nitro benzene ring substituents is 1. The van der Waals surface area contributed by atoms with E-state index < -0.39 is 28.9 Å². The lowest BCUT2D eigenvalue weighted by Crippen LogP contribution is -2.47. The lowest BCUT2D eigenvalue weighted by atomic mass is 9.98. The number of methoxy groups -OCH3 is 1. The second kappa shape index (κ2) is 25.0. The molecule has 3 heterocycles. The van der Waals surface area contributed by atoms with Gasteiger partial charge in [0, 0.05) is 42.2 Å². The Balaban J connectivity index is 0.742. The number of imide groups is 1. The molecular weight excluding hydrogens is 927 g/mol. The van der Waals surface area contributed by atoms with Gasteiger partial charge in [-0.25, -0.2) is 14.4 Å². The van der Waals surface area contributed by atoms with Gasteiger partial charge in [0.2, 0.25) is 17.7 Å². The predicted molar refractivity (Wildman–Crippen MR) is 247 cm³/mol. The third-order valence-electron chi connectivity index (χ3n) is 10.6. The molecule has 4 aromatic carbocycles. The standard InChI is InChI=1S/C47H50ClFN6O14/c1-61-40-27-38-34(45(51-29-50-38)54(32-9-11-36(49)35(48)25-32)28-30-5-7-31(8-6-30)55(59)60)26-41(40)67-24-23-66-22-21-65-20-19-64-18-17-63-16-15-62-14-13-43(57)52-37-3-2-4-39-44(37)69-47(68-39)33-10-12-42(56)53-46(33)58/h2-9,11,25-27,29,33,47H,10,12-24,28H2,1H3,(H,52,57)(H,53,56,58). The highest BCUT2D eigenvalue weighted by Gasteiger charge is 2.41. The third-order valence-corrected chi connectivity index (χ3v) is 10.9. The smallest absolute Gasteiger partial charge is 0.269 e. The number of anilines is 3. The highest BCUT2D eigenvalue weighted by molar-refractivity contribution is 6.31. The number of carbonyl (C=O) groups excluding carboxylic acids is 3. The second-order valence-corrected chi connectivity index (χ2v) is 15.7. The molecule has 0 bridgehead atoms. The van der Waals surface area contributed by atoms with Crippen LogP contribution < -0.4 is 34.5 Å². The first-order valence-corrected chi connectivity index (χ1v) is 22.4. The number of nitro groups is 1. The van der Waals surface area contributed by atoms with Crippen LogP contribution in [0.2, 0.25) is 5.02 Å². The molecule has 2 unspecified atom stereocenters. The lowest BCUT2D eigenvalue weighted by molar-refractivity contribution is -0.384. The van der Waals surface area contributed by atoms with Gasteiger partial charge >= 0.3 is 0 Å². The van der Waals surface area contributed by atoms with E-state index in [1.165, 1.54) is 37.7 Å². The van der Waals surface area contributed by atoms with Crippen molar-refractivity contribution in [3.8, 4) is 23.0 Å². The van der Waals surface area contributed by atoms with Crippen LogP contribution in [0, 0.1) is 21.8 Å². The predicted octanol–water partition coefficient (Wildman–Crippen LogP) is 6.32. The Hall–Kier alpha value is -6.75. The van der Waals surface area contributed by atoms with E-state index in [9.17, 15) is 28.9 Å². The number of benzene rings is 4. The van der Waals surface area contributed by atoms with Gasteiger partial charge in [-0.1, -0.05) is 29.8 Å². The largest absolute Gasteiger partial charge is 0.493 e. The summed E-state index contributed by atoms with van der Waals surface area (Å²) in [6.45, 7) is 3.55. The van der Waals surface area contributed by atoms with Crippen LogP contribution in [0.25, 0.3) is 10.9 Å². The summed E-state index contributed by atoms with van der Waals surface area (Å²) >= 11 is 6.19. The van der Waals surface area contributed by atoms with Crippen LogP contribution in [0.1, 0.15) is 24.8 Å². The molecule has 69 heavy (non-hydrogen) atoms. The molecule has 2 N–H and O–H groups in total. The van der Waals surface area contributed by atoms with Gasteiger partial charge in [-0.2, -0.15) is 0 Å². The number of hydrogen-bond donors (Lipinski definition) is 2. The number of halogens is 2. The fraction of sp³-hybridized carbons (Fsp3) is 0.383. The Bertz CT molecular complexity index is 2580. The van der Waals surface area contributed by atoms with Gasteiger partial charge in [-0.15, -0.1) is 0 Å². The minimum absolute atomic E-state index is 0.0506. The highest BCUT2D eigenvalue weighted by Crippen LogP contribution is 2.44. The normalized spacial score (nSPS) is 15.2. The fourth-order valence-corrected chi connectivity index (χ4v) is 7.36. The van der Waals surface area contributed by atoms with Crippen molar-refractivity contribution >= 4 is 63.1 Å². The minimum atomic E-state index is -0.893. The molecule has 5 aromatic rings. The van der Waals surface area contributed by atoms with Crippen molar-refractivity contribution < 1.29 is 66.3 Å². The van der Waals surface area contributed by atoms with Crippen LogP contribution >= 0.6 is 11.6 Å². The molecular formula is C47H50ClFN6O14. The van der Waals surface area contributed by atoms with E-state index in [2.05, 4.69) is 20.6 Å². The molecule has 1 saturated heterocycles. The van der Waals surface area contributed by atoms with E-state index in [0.29, 0.717) is 110 Å². The van der Waals surface area contributed by atoms with Crippen LogP contribution in [-0.2, 0) is 44.6 Å². The number of nitrogens with one attached hydrogen (secondary N) is 2. The molecule has 20 nitrogen and oxygen atoms in total. The summed E-state index contributed by atoms with van der Waals surface area (Å²) in [7, 11) is 1.52. The number of non-ortho nitro benzene ring substituents is 1. The molecule has 0 saturated carbocycles. The second-order valence-electron chi connectivity index (χ2n) is 15.3. The summed E-state index contributed by atoms with van der Waals surface area (Å²) < 4.78 is 65.5. The average Bonchev–Trinajstić information content (AvgIpc) is 3.78. The zero-order valence-electron chi connectivity index (χ0n) is 37.5. The maximum absolute atomic E-state index is 14.2. The van der Waals surface area contributed by atoms with E-state index >= 15 is 0 Å². The van der Waals surface area contributed by atoms with Gasteiger partial charge in [0.1, 0.15) is 30.5 Å². The van der Waals surface area contributed by atoms with Gasteiger partial charge in [-0.05, 0) is 48.4 Å². The van der Waals surface area contributed by atoms with Crippen molar-refractivity contribution in [2.75, 3.05) is 90.0 Å². The maximum atomic E-state index is 14.2. The van der Waals surface area contributed by atoms with E-state index in [1.807, 2.05) is 0 Å². The zero-order chi connectivity index (χ0) is 48.5. The van der Waals surface area contributed by atoms with Crippen molar-refractivity contribution in [3.63, 3.8) is 0 Å². The molecule has 2 aliphatic heterocycles. The molecule has 1 aromatic heterocycles. The van der Waals surface area contributed by atoms with Crippen LogP contribution in [0.5, 0.6) is 23.0 Å². The monoisotopic (exact) mass is 976 g/mol. The first-order chi connectivity index (χ1) is 33.6. The molecule has 22 heteroatoms. The number of fused-ring (bicyclic) bond motifs is 2. The molecule has 2 atom stereocenters. The quantitative estimate of drug-likeness (QED) is 0.0254. The number of piperidine rings is 1. The topological polar surface area (TPSA) is 230 Å². The van der Waals surface area contributed by atoms with E-state index in [-0.39, 0.29) is 61.7 Å². The zero-order valence-corrected chi connectivity index (χ0v) is 38.3. The van der Waals surface area contributed by atoms with E-state index in [4.69, 9.17) is 54.2 Å². The summed E-state index contributed by atoms with van der Waals surface area (Å²) in [5.41, 5.74) is 2.16. The van der Waals surface area contributed by atoms with Gasteiger partial charge < -0.3 is 52.8 Å². The van der Waals surface area contributed by atoms with Crippen LogP contribution in [0.3, 0.4) is 0 Å². The Kier molecular flexibility index (Phi) is 18.2. The Morgan fingerprint density at radius 3 is 2.20 bits per heavy atom. The summed E-state index contributed by atoms with van der Waals surface area (Å²) in [6.07, 6.45) is 1.10. The first kappa shape index (κ1) is 50.1. The number of nitrogens with zero attached hydrogens (tertiary/aromatic N) is 4. The first-order valence-electron chi connectivity index (χ1n) is 22.0. The highest BCUT2D eigenvalue weighted by atomic mass is 35.5. The van der Waals surface area contributed by atoms with E-state index in [1.54, 1.807) is 53.4 Å². The molecule has 0 radical (unpaired) electrons. The average molecular weight is 977 g/mol. The Morgan fingerprint density at radius 1 is 0.870 bits per heavy atom. The van der Waals surface area contributed by atoms with E-state index in [0.717, 1.165) is 5.56 Å². The third kappa shape index (κ3) is 13.9. The molecule has 7 rings (SSSR count). The molecule has 1 fully saturated rings. The van der Waals surface area contributed by atoms with Gasteiger partial charge in [0.05, 0.1) is 101 Å². The number of para-hydroxylation sites is 1. The molecule has 366 valence electrons. The van der Waals surface area contributed by atoms with Gasteiger partial charge in [0.25, 0.3) is 12.0 Å². The summed E-state index contributed by atoms with van der Waals surface area (Å²) in [5, 5.41) is 16.9. The summed E-state index contributed by atoms with van der Waals surface area (Å²) in [5.74, 6) is -0.282. The van der Waals surface area contributed by atoms with Crippen LogP contribution in [0.4, 0.5) is 27.3 Å². The number of hydrogen-bond acceptors (Lipinski definition) is 17. The van der Waals surface area contributed by atoms with Crippen molar-refractivity contribution in [2.24, 2.45) is 5.92 Å². The number of rotatable bonds is 27. The van der Waals surface area contributed by atoms with Gasteiger partial charge in [-0.3, -0.25) is 29.8 Å². The van der Waals surface area contributed by atoms with Crippen LogP contribution in [-0.4, -0.2) is 119 Å². The van der Waals surface area contributed by atoms with Crippen molar-refractivity contribution in [2.45, 2.75) is 32.1 Å². The van der Waals surface area contributed by atoms with Crippen molar-refractivity contribution in [1.82, 2.24) is 15.3 Å². The van der Waals surface area contributed by atoms with Crippen molar-refractivity contribution in [1.29, 1.82) is 0 Å². The number of ether oxygens (including phenoxy) is 9. The van der Waals surface area contributed by atoms with Crippen molar-refractivity contribution in [3.05, 3.63) is 106 Å². The fourth-order valence-electron chi connectivity index (χ4n) is 7.18. The number of aromatic nitrogens is 2. The summed E-state index contributed by atoms with van der Waals surface area (Å²) in [6, 6.07) is 18.9. The SMILES string of the molecule is COc1cc2ncnc(N(Cc3ccc([N+](=O)[O-])cc3)c3ccc(F)c(Cl)c3)c2cc1OCCOCCOCCOCCOCCOCCC(=O)Nc1cccc2c1OC(C1CCC(=O)NC1=O)O2. The molecule has 0 spiro atoms. The van der Waals surface area contributed by atoms with Gasteiger partial charge in [0.15, 0.2) is 23.0 Å².